The molecule has 0 bridgehead atoms. The second-order valence-corrected chi connectivity index (χ2v) is 7.77. The van der Waals surface area contributed by atoms with Crippen LogP contribution in [0.3, 0.4) is 0 Å². The van der Waals surface area contributed by atoms with Crippen molar-refractivity contribution in [3.63, 3.8) is 0 Å². The topological polar surface area (TPSA) is 55.2 Å². The molecule has 0 saturated carbocycles. The van der Waals surface area contributed by atoms with Gasteiger partial charge in [-0.15, -0.1) is 0 Å². The molecule has 6 nitrogen and oxygen atoms in total. The summed E-state index contributed by atoms with van der Waals surface area (Å²) in [5.74, 6) is 2.44. The SMILES string of the molecule is COCc1ccc(C(=O)N(C)CC2CCN(CCc3ccc(OC)cc3)CC2)o1. The molecule has 0 unspecified atom stereocenters. The van der Waals surface area contributed by atoms with Crippen molar-refractivity contribution < 1.29 is 18.7 Å². The molecule has 0 N–H and O–H groups in total. The first-order valence-corrected chi connectivity index (χ1v) is 10.3. The van der Waals surface area contributed by atoms with Crippen LogP contribution in [0.15, 0.2) is 40.8 Å². The molecule has 0 spiro atoms. The van der Waals surface area contributed by atoms with Gasteiger partial charge in [0.25, 0.3) is 5.91 Å². The van der Waals surface area contributed by atoms with Gasteiger partial charge in [-0.05, 0) is 68.1 Å². The highest BCUT2D eigenvalue weighted by Crippen LogP contribution is 2.20. The second-order valence-electron chi connectivity index (χ2n) is 7.77. The maximum atomic E-state index is 12.6. The van der Waals surface area contributed by atoms with E-state index < -0.39 is 0 Å². The highest BCUT2D eigenvalue weighted by molar-refractivity contribution is 5.91. The number of nitrogens with zero attached hydrogens (tertiary/aromatic N) is 2. The molecular weight excluding hydrogens is 368 g/mol. The summed E-state index contributed by atoms with van der Waals surface area (Å²) in [6.45, 7) is 4.39. The highest BCUT2D eigenvalue weighted by Gasteiger charge is 2.23. The van der Waals surface area contributed by atoms with Crippen molar-refractivity contribution in [1.82, 2.24) is 9.80 Å². The van der Waals surface area contributed by atoms with Crippen LogP contribution in [0.4, 0.5) is 0 Å². The summed E-state index contributed by atoms with van der Waals surface area (Å²) in [7, 11) is 5.16. The maximum absolute atomic E-state index is 12.6. The van der Waals surface area contributed by atoms with Crippen LogP contribution in [-0.4, -0.2) is 63.2 Å². The summed E-state index contributed by atoms with van der Waals surface area (Å²) >= 11 is 0. The van der Waals surface area contributed by atoms with Crippen LogP contribution in [0.1, 0.15) is 34.7 Å². The Morgan fingerprint density at radius 1 is 1.14 bits per heavy atom. The first-order valence-electron chi connectivity index (χ1n) is 10.3. The van der Waals surface area contributed by atoms with E-state index in [0.29, 0.717) is 24.0 Å². The van der Waals surface area contributed by atoms with Crippen LogP contribution in [-0.2, 0) is 17.8 Å². The fourth-order valence-corrected chi connectivity index (χ4v) is 3.84. The van der Waals surface area contributed by atoms with Gasteiger partial charge in [0.15, 0.2) is 5.76 Å². The molecule has 1 fully saturated rings. The zero-order valence-electron chi connectivity index (χ0n) is 17.7. The Hall–Kier alpha value is -2.31. The van der Waals surface area contributed by atoms with Crippen molar-refractivity contribution in [3.8, 4) is 5.75 Å². The smallest absolute Gasteiger partial charge is 0.289 e. The predicted molar refractivity (Wildman–Crippen MR) is 112 cm³/mol. The number of carbonyl (C=O) groups is 1. The lowest BCUT2D eigenvalue weighted by molar-refractivity contribution is 0.0702. The molecule has 3 rings (SSSR count). The molecule has 158 valence electrons. The lowest BCUT2D eigenvalue weighted by Crippen LogP contribution is -2.40. The maximum Gasteiger partial charge on any atom is 0.289 e. The van der Waals surface area contributed by atoms with Gasteiger partial charge in [-0.2, -0.15) is 0 Å². The molecular formula is C23H32N2O4. The lowest BCUT2D eigenvalue weighted by atomic mass is 9.96. The Balaban J connectivity index is 1.39. The standard InChI is InChI=1S/C23H32N2O4/c1-24(23(26)22-9-8-21(29-22)17-27-2)16-19-11-14-25(15-12-19)13-10-18-4-6-20(28-3)7-5-18/h4-9,19H,10-17H2,1-3H3. The molecule has 1 aliphatic rings. The Labute approximate surface area is 173 Å². The van der Waals surface area contributed by atoms with Crippen molar-refractivity contribution >= 4 is 5.91 Å². The van der Waals surface area contributed by atoms with Gasteiger partial charge < -0.3 is 23.7 Å². The number of methoxy groups -OCH3 is 2. The average molecular weight is 401 g/mol. The molecule has 2 heterocycles. The largest absolute Gasteiger partial charge is 0.497 e. The Morgan fingerprint density at radius 2 is 1.86 bits per heavy atom. The molecule has 2 aromatic rings. The Bertz CT molecular complexity index is 763. The molecule has 0 atom stereocenters. The number of benzene rings is 1. The highest BCUT2D eigenvalue weighted by atomic mass is 16.5. The van der Waals surface area contributed by atoms with Gasteiger partial charge in [-0.1, -0.05) is 12.1 Å². The first kappa shape index (κ1) is 21.4. The number of rotatable bonds is 9. The fourth-order valence-electron chi connectivity index (χ4n) is 3.84. The van der Waals surface area contributed by atoms with E-state index in [1.54, 1.807) is 31.3 Å². The number of piperidine rings is 1. The zero-order valence-corrected chi connectivity index (χ0v) is 17.7. The quantitative estimate of drug-likeness (QED) is 0.645. The molecule has 1 saturated heterocycles. The van der Waals surface area contributed by atoms with E-state index in [2.05, 4.69) is 17.0 Å². The van der Waals surface area contributed by atoms with Crippen molar-refractivity contribution in [2.45, 2.75) is 25.9 Å². The van der Waals surface area contributed by atoms with E-state index in [9.17, 15) is 4.79 Å². The Kier molecular flexibility index (Phi) is 7.72. The number of ether oxygens (including phenoxy) is 2. The van der Waals surface area contributed by atoms with Crippen LogP contribution in [0.5, 0.6) is 5.75 Å². The van der Waals surface area contributed by atoms with E-state index in [0.717, 1.165) is 51.2 Å². The number of amides is 1. The lowest BCUT2D eigenvalue weighted by Gasteiger charge is -2.33. The normalized spacial score (nSPS) is 15.4. The van der Waals surface area contributed by atoms with Crippen LogP contribution in [0.2, 0.25) is 0 Å². The van der Waals surface area contributed by atoms with Crippen molar-refractivity contribution in [3.05, 3.63) is 53.5 Å². The molecule has 1 aliphatic heterocycles. The molecule has 6 heteroatoms. The van der Waals surface area contributed by atoms with Crippen molar-refractivity contribution in [1.29, 1.82) is 0 Å². The number of carbonyl (C=O) groups excluding carboxylic acids is 1. The van der Waals surface area contributed by atoms with Crippen molar-refractivity contribution in [2.75, 3.05) is 47.4 Å². The third-order valence-corrected chi connectivity index (χ3v) is 5.62. The summed E-state index contributed by atoms with van der Waals surface area (Å²) in [5.41, 5.74) is 1.34. The summed E-state index contributed by atoms with van der Waals surface area (Å²) in [6.07, 6.45) is 3.29. The van der Waals surface area contributed by atoms with Crippen LogP contribution in [0.25, 0.3) is 0 Å². The van der Waals surface area contributed by atoms with Crippen molar-refractivity contribution in [2.24, 2.45) is 5.92 Å². The summed E-state index contributed by atoms with van der Waals surface area (Å²) in [6, 6.07) is 11.8. The third kappa shape index (κ3) is 6.08. The van der Waals surface area contributed by atoms with E-state index in [1.807, 2.05) is 19.2 Å². The van der Waals surface area contributed by atoms with Gasteiger partial charge in [-0.25, -0.2) is 0 Å². The number of likely N-dealkylation sites (tertiary alicyclic amines) is 1. The first-order chi connectivity index (χ1) is 14.1. The number of hydrogen-bond donors (Lipinski definition) is 0. The summed E-state index contributed by atoms with van der Waals surface area (Å²) in [5, 5.41) is 0. The minimum absolute atomic E-state index is 0.0608. The third-order valence-electron chi connectivity index (χ3n) is 5.62. The summed E-state index contributed by atoms with van der Waals surface area (Å²) < 4.78 is 15.8. The van der Waals surface area contributed by atoms with Gasteiger partial charge in [0.2, 0.25) is 0 Å². The minimum Gasteiger partial charge on any atom is -0.497 e. The average Bonchev–Trinajstić information content (AvgIpc) is 3.22. The van der Waals surface area contributed by atoms with Gasteiger partial charge in [-0.3, -0.25) is 4.79 Å². The predicted octanol–water partition coefficient (Wildman–Crippen LogP) is 3.46. The monoisotopic (exact) mass is 400 g/mol. The molecule has 1 aromatic heterocycles. The van der Waals surface area contributed by atoms with Gasteiger partial charge >= 0.3 is 0 Å². The molecule has 1 aromatic carbocycles. The number of hydrogen-bond acceptors (Lipinski definition) is 5. The molecule has 1 amide bonds. The second kappa shape index (κ2) is 10.5. The van der Waals surface area contributed by atoms with E-state index in [1.165, 1.54) is 5.56 Å². The number of furan rings is 1. The van der Waals surface area contributed by atoms with E-state index in [-0.39, 0.29) is 5.91 Å². The van der Waals surface area contributed by atoms with Crippen LogP contribution >= 0.6 is 0 Å². The zero-order chi connectivity index (χ0) is 20.6. The van der Waals surface area contributed by atoms with E-state index in [4.69, 9.17) is 13.9 Å². The van der Waals surface area contributed by atoms with Crippen LogP contribution < -0.4 is 4.74 Å². The minimum atomic E-state index is -0.0608. The Morgan fingerprint density at radius 3 is 2.52 bits per heavy atom. The van der Waals surface area contributed by atoms with Gasteiger partial charge in [0, 0.05) is 27.2 Å². The van der Waals surface area contributed by atoms with Gasteiger partial charge in [0.1, 0.15) is 18.1 Å². The molecule has 29 heavy (non-hydrogen) atoms. The molecule has 0 radical (unpaired) electrons. The van der Waals surface area contributed by atoms with E-state index >= 15 is 0 Å². The summed E-state index contributed by atoms with van der Waals surface area (Å²) in [4.78, 5) is 16.9. The molecule has 0 aliphatic carbocycles. The van der Waals surface area contributed by atoms with Crippen LogP contribution in [0, 0.1) is 5.92 Å². The van der Waals surface area contributed by atoms with Gasteiger partial charge in [0.05, 0.1) is 7.11 Å². The fraction of sp³-hybridized carbons (Fsp3) is 0.522.